The van der Waals surface area contributed by atoms with Gasteiger partial charge in [-0.2, -0.15) is 0 Å². The molecule has 2 N–H and O–H groups in total. The second-order valence-corrected chi connectivity index (χ2v) is 6.42. The molecule has 3 rings (SSSR count). The number of nitrogens with two attached hydrogens (primary N) is 1. The predicted octanol–water partition coefficient (Wildman–Crippen LogP) is 4.65. The van der Waals surface area contributed by atoms with E-state index in [4.69, 9.17) is 28.9 Å². The Hall–Kier alpha value is -2.02. The van der Waals surface area contributed by atoms with Crippen molar-refractivity contribution in [3.05, 3.63) is 68.2 Å². The van der Waals surface area contributed by atoms with Gasteiger partial charge in [0, 0.05) is 10.6 Å². The summed E-state index contributed by atoms with van der Waals surface area (Å²) in [5.74, 6) is 0.224. The molecule has 1 heterocycles. The van der Waals surface area contributed by atoms with Gasteiger partial charge in [0.15, 0.2) is 0 Å². The predicted molar refractivity (Wildman–Crippen MR) is 94.9 cm³/mol. The van der Waals surface area contributed by atoms with Gasteiger partial charge >= 0.3 is 0 Å². The SMILES string of the molecule is C[C@H](N)c1nc2cccc(Cl)c2c(=O)n1-c1cc(Cl)cc(C(F)F)c1. The van der Waals surface area contributed by atoms with Crippen molar-refractivity contribution in [3.8, 4) is 5.69 Å². The monoisotopic (exact) mass is 383 g/mol. The minimum atomic E-state index is -2.73. The summed E-state index contributed by atoms with van der Waals surface area (Å²) in [6.45, 7) is 1.65. The molecule has 1 atom stereocenters. The van der Waals surface area contributed by atoms with Crippen molar-refractivity contribution >= 4 is 34.1 Å². The normalized spacial score (nSPS) is 12.8. The van der Waals surface area contributed by atoms with E-state index in [1.807, 2.05) is 0 Å². The highest BCUT2D eigenvalue weighted by molar-refractivity contribution is 6.35. The molecule has 1 aromatic heterocycles. The van der Waals surface area contributed by atoms with Crippen LogP contribution in [0.2, 0.25) is 10.0 Å². The number of halogens is 4. The van der Waals surface area contributed by atoms with Gasteiger partial charge < -0.3 is 5.73 Å². The van der Waals surface area contributed by atoms with Gasteiger partial charge in [0.1, 0.15) is 5.82 Å². The lowest BCUT2D eigenvalue weighted by Crippen LogP contribution is -2.27. The first kappa shape index (κ1) is 17.8. The standard InChI is InChI=1S/C17H13Cl2F2N3O/c1-8(22)16-23-13-4-2-3-12(19)14(13)17(25)24(16)11-6-9(15(20)21)5-10(18)7-11/h2-8,15H,22H2,1H3/t8-/m0/s1. The Morgan fingerprint density at radius 2 is 1.92 bits per heavy atom. The van der Waals surface area contributed by atoms with E-state index in [1.54, 1.807) is 25.1 Å². The lowest BCUT2D eigenvalue weighted by Gasteiger charge is -2.17. The Bertz CT molecular complexity index is 1020. The van der Waals surface area contributed by atoms with Crippen LogP contribution in [0.25, 0.3) is 16.6 Å². The molecule has 0 aliphatic rings. The molecule has 0 saturated heterocycles. The molecule has 0 amide bonds. The summed E-state index contributed by atoms with van der Waals surface area (Å²) >= 11 is 12.1. The Morgan fingerprint density at radius 1 is 1.20 bits per heavy atom. The highest BCUT2D eigenvalue weighted by Gasteiger charge is 2.19. The van der Waals surface area contributed by atoms with Gasteiger partial charge in [-0.1, -0.05) is 29.3 Å². The first-order valence-corrected chi connectivity index (χ1v) is 8.11. The van der Waals surface area contributed by atoms with Crippen LogP contribution in [0.5, 0.6) is 0 Å². The minimum absolute atomic E-state index is 0.0783. The number of alkyl halides is 2. The maximum atomic E-state index is 13.1. The molecule has 0 radical (unpaired) electrons. The lowest BCUT2D eigenvalue weighted by molar-refractivity contribution is 0.151. The van der Waals surface area contributed by atoms with Crippen LogP contribution in [0.1, 0.15) is 30.8 Å². The van der Waals surface area contributed by atoms with Crippen molar-refractivity contribution in [1.29, 1.82) is 0 Å². The molecule has 0 saturated carbocycles. The Kier molecular flexibility index (Phi) is 4.77. The molecule has 3 aromatic rings. The fourth-order valence-electron chi connectivity index (χ4n) is 2.61. The number of rotatable bonds is 3. The molecule has 4 nitrogen and oxygen atoms in total. The molecule has 25 heavy (non-hydrogen) atoms. The van der Waals surface area contributed by atoms with E-state index in [-0.39, 0.29) is 32.5 Å². The van der Waals surface area contributed by atoms with Gasteiger partial charge in [-0.25, -0.2) is 13.8 Å². The molecule has 0 aliphatic carbocycles. The molecule has 130 valence electrons. The summed E-state index contributed by atoms with van der Waals surface area (Å²) in [6, 6.07) is 7.99. The van der Waals surface area contributed by atoms with E-state index in [0.29, 0.717) is 5.52 Å². The summed E-state index contributed by atoms with van der Waals surface area (Å²) in [7, 11) is 0. The zero-order valence-corrected chi connectivity index (χ0v) is 14.5. The summed E-state index contributed by atoms with van der Waals surface area (Å²) in [5.41, 5.74) is 5.70. The Balaban J connectivity index is 2.43. The maximum absolute atomic E-state index is 13.1. The molecule has 8 heteroatoms. The van der Waals surface area contributed by atoms with Crippen molar-refractivity contribution in [3.63, 3.8) is 0 Å². The number of hydrogen-bond donors (Lipinski definition) is 1. The van der Waals surface area contributed by atoms with Crippen LogP contribution in [0, 0.1) is 0 Å². The van der Waals surface area contributed by atoms with Gasteiger partial charge in [0.25, 0.3) is 12.0 Å². The molecular formula is C17H13Cl2F2N3O. The van der Waals surface area contributed by atoms with E-state index in [0.717, 1.165) is 6.07 Å². The van der Waals surface area contributed by atoms with Crippen molar-refractivity contribution in [1.82, 2.24) is 9.55 Å². The number of nitrogens with zero attached hydrogens (tertiary/aromatic N) is 2. The third kappa shape index (κ3) is 3.25. The fraction of sp³-hybridized carbons (Fsp3) is 0.176. The van der Waals surface area contributed by atoms with Gasteiger partial charge in [0.05, 0.1) is 27.7 Å². The second kappa shape index (κ2) is 6.71. The third-order valence-electron chi connectivity index (χ3n) is 3.69. The van der Waals surface area contributed by atoms with E-state index >= 15 is 0 Å². The van der Waals surface area contributed by atoms with Gasteiger partial charge in [-0.05, 0) is 37.3 Å². The molecule has 0 bridgehead atoms. The summed E-state index contributed by atoms with van der Waals surface area (Å²) in [5, 5.41) is 0.484. The van der Waals surface area contributed by atoms with Crippen molar-refractivity contribution in [2.75, 3.05) is 0 Å². The molecule has 0 spiro atoms. The van der Waals surface area contributed by atoms with E-state index in [1.165, 1.54) is 16.7 Å². The zero-order chi connectivity index (χ0) is 18.3. The maximum Gasteiger partial charge on any atom is 0.267 e. The largest absolute Gasteiger partial charge is 0.322 e. The number of hydrogen-bond acceptors (Lipinski definition) is 3. The van der Waals surface area contributed by atoms with Gasteiger partial charge in [-0.3, -0.25) is 9.36 Å². The van der Waals surface area contributed by atoms with E-state index in [9.17, 15) is 13.6 Å². The first-order chi connectivity index (χ1) is 11.8. The smallest absolute Gasteiger partial charge is 0.267 e. The van der Waals surface area contributed by atoms with E-state index in [2.05, 4.69) is 4.98 Å². The molecule has 0 unspecified atom stereocenters. The van der Waals surface area contributed by atoms with Crippen molar-refractivity contribution in [2.24, 2.45) is 5.73 Å². The van der Waals surface area contributed by atoms with Crippen LogP contribution in [0.15, 0.2) is 41.2 Å². The summed E-state index contributed by atoms with van der Waals surface area (Å²) in [4.78, 5) is 17.4. The van der Waals surface area contributed by atoms with Gasteiger partial charge in [-0.15, -0.1) is 0 Å². The molecule has 2 aromatic carbocycles. The number of aromatic nitrogens is 2. The van der Waals surface area contributed by atoms with Crippen LogP contribution in [-0.2, 0) is 0 Å². The van der Waals surface area contributed by atoms with Crippen LogP contribution >= 0.6 is 23.2 Å². The molecule has 0 fully saturated rings. The third-order valence-corrected chi connectivity index (χ3v) is 4.23. The summed E-state index contributed by atoms with van der Waals surface area (Å²) < 4.78 is 27.4. The van der Waals surface area contributed by atoms with Gasteiger partial charge in [0.2, 0.25) is 0 Å². The molecule has 0 aliphatic heterocycles. The van der Waals surface area contributed by atoms with Crippen molar-refractivity contribution in [2.45, 2.75) is 19.4 Å². The Labute approximate surface area is 151 Å². The highest BCUT2D eigenvalue weighted by Crippen LogP contribution is 2.27. The van der Waals surface area contributed by atoms with Crippen LogP contribution in [-0.4, -0.2) is 9.55 Å². The average Bonchev–Trinajstić information content (AvgIpc) is 2.53. The van der Waals surface area contributed by atoms with Crippen LogP contribution in [0.4, 0.5) is 8.78 Å². The number of fused-ring (bicyclic) bond motifs is 1. The second-order valence-electron chi connectivity index (χ2n) is 5.58. The fourth-order valence-corrected chi connectivity index (χ4v) is 3.10. The minimum Gasteiger partial charge on any atom is -0.322 e. The number of benzene rings is 2. The van der Waals surface area contributed by atoms with E-state index < -0.39 is 18.0 Å². The summed E-state index contributed by atoms with van der Waals surface area (Å²) in [6.07, 6.45) is -2.73. The van der Waals surface area contributed by atoms with Crippen molar-refractivity contribution < 1.29 is 8.78 Å². The quantitative estimate of drug-likeness (QED) is 0.715. The molecular weight excluding hydrogens is 371 g/mol. The topological polar surface area (TPSA) is 60.9 Å². The first-order valence-electron chi connectivity index (χ1n) is 7.35. The highest BCUT2D eigenvalue weighted by atomic mass is 35.5. The Morgan fingerprint density at radius 3 is 2.56 bits per heavy atom. The van der Waals surface area contributed by atoms with Crippen LogP contribution in [0.3, 0.4) is 0 Å². The van der Waals surface area contributed by atoms with Crippen LogP contribution < -0.4 is 11.3 Å². The zero-order valence-electron chi connectivity index (χ0n) is 13.0. The average molecular weight is 384 g/mol. The lowest BCUT2D eigenvalue weighted by atomic mass is 10.1.